The first-order valence-electron chi connectivity index (χ1n) is 7.30. The molecule has 0 aromatic carbocycles. The van der Waals surface area contributed by atoms with Gasteiger partial charge in [0.05, 0.1) is 17.6 Å². The van der Waals surface area contributed by atoms with Crippen LogP contribution in [-0.2, 0) is 16.0 Å². The molecule has 0 spiro atoms. The summed E-state index contributed by atoms with van der Waals surface area (Å²) in [6.07, 6.45) is 2.36. The van der Waals surface area contributed by atoms with Crippen molar-refractivity contribution in [2.45, 2.75) is 40.0 Å². The van der Waals surface area contributed by atoms with Crippen LogP contribution in [0.15, 0.2) is 0 Å². The van der Waals surface area contributed by atoms with Crippen LogP contribution in [-0.4, -0.2) is 25.0 Å². The molecule has 6 heteroatoms. The first-order valence-corrected chi connectivity index (χ1v) is 8.11. The molecule has 1 fully saturated rings. The van der Waals surface area contributed by atoms with Crippen molar-refractivity contribution in [2.24, 2.45) is 11.1 Å². The molecule has 0 aliphatic heterocycles. The van der Waals surface area contributed by atoms with Gasteiger partial charge in [0.25, 0.3) is 0 Å². The Labute approximate surface area is 128 Å². The summed E-state index contributed by atoms with van der Waals surface area (Å²) in [7, 11) is 0. The zero-order valence-electron chi connectivity index (χ0n) is 12.7. The summed E-state index contributed by atoms with van der Waals surface area (Å²) in [5.74, 6) is -0.453. The molecule has 0 saturated heterocycles. The summed E-state index contributed by atoms with van der Waals surface area (Å²) in [5, 5.41) is 3.49. The maximum atomic E-state index is 12.3. The summed E-state index contributed by atoms with van der Waals surface area (Å²) in [5.41, 5.74) is 6.70. The minimum atomic E-state index is -0.434. The smallest absolute Gasteiger partial charge is 0.341 e. The molecular formula is C15H22N2O3S. The third-order valence-corrected chi connectivity index (χ3v) is 5.06. The highest BCUT2D eigenvalue weighted by atomic mass is 32.1. The van der Waals surface area contributed by atoms with Gasteiger partial charge in [0.2, 0.25) is 5.91 Å². The average Bonchev–Trinajstić information content (AvgIpc) is 3.19. The highest BCUT2D eigenvalue weighted by Crippen LogP contribution is 2.46. The van der Waals surface area contributed by atoms with Gasteiger partial charge in [-0.1, -0.05) is 6.92 Å². The minimum absolute atomic E-state index is 0.0838. The second-order valence-electron chi connectivity index (χ2n) is 5.35. The van der Waals surface area contributed by atoms with E-state index in [1.807, 2.05) is 13.8 Å². The largest absolute Gasteiger partial charge is 0.462 e. The van der Waals surface area contributed by atoms with E-state index in [1.165, 1.54) is 11.3 Å². The van der Waals surface area contributed by atoms with Gasteiger partial charge in [0.15, 0.2) is 0 Å². The Bertz CT molecular complexity index is 562. The lowest BCUT2D eigenvalue weighted by atomic mass is 10.1. The second kappa shape index (κ2) is 6.15. The number of carbonyl (C=O) groups is 2. The van der Waals surface area contributed by atoms with Gasteiger partial charge in [-0.15, -0.1) is 11.3 Å². The van der Waals surface area contributed by atoms with E-state index in [9.17, 15) is 9.59 Å². The first kappa shape index (κ1) is 16.0. The number of nitrogens with one attached hydrogen (secondary N) is 1. The molecule has 1 heterocycles. The fourth-order valence-corrected chi connectivity index (χ4v) is 3.55. The number of anilines is 1. The van der Waals surface area contributed by atoms with Crippen LogP contribution in [0, 0.1) is 12.3 Å². The van der Waals surface area contributed by atoms with Crippen molar-refractivity contribution in [1.82, 2.24) is 0 Å². The molecule has 116 valence electrons. The number of rotatable bonds is 6. The van der Waals surface area contributed by atoms with E-state index < -0.39 is 5.41 Å². The molecule has 1 aliphatic rings. The number of hydrogen-bond donors (Lipinski definition) is 2. The molecule has 0 bridgehead atoms. The van der Waals surface area contributed by atoms with Crippen molar-refractivity contribution in [2.75, 3.05) is 18.5 Å². The maximum absolute atomic E-state index is 12.3. The van der Waals surface area contributed by atoms with E-state index in [4.69, 9.17) is 10.5 Å². The van der Waals surface area contributed by atoms with Gasteiger partial charge in [0, 0.05) is 11.4 Å². The van der Waals surface area contributed by atoms with E-state index in [0.717, 1.165) is 29.7 Å². The molecule has 1 saturated carbocycles. The Hall–Kier alpha value is -1.40. The fraction of sp³-hybridized carbons (Fsp3) is 0.600. The normalized spacial score (nSPS) is 15.6. The Morgan fingerprint density at radius 2 is 2.05 bits per heavy atom. The fourth-order valence-electron chi connectivity index (χ4n) is 2.42. The van der Waals surface area contributed by atoms with Gasteiger partial charge in [-0.2, -0.15) is 0 Å². The Balaban J connectivity index is 2.30. The van der Waals surface area contributed by atoms with Crippen molar-refractivity contribution in [3.05, 3.63) is 16.0 Å². The van der Waals surface area contributed by atoms with Crippen molar-refractivity contribution in [1.29, 1.82) is 0 Å². The molecule has 1 aromatic heterocycles. The lowest BCUT2D eigenvalue weighted by Gasteiger charge is -2.13. The molecule has 3 N–H and O–H groups in total. The Kier molecular flexibility index (Phi) is 4.68. The highest BCUT2D eigenvalue weighted by molar-refractivity contribution is 7.16. The Morgan fingerprint density at radius 1 is 1.38 bits per heavy atom. The highest BCUT2D eigenvalue weighted by Gasteiger charge is 2.49. The Morgan fingerprint density at radius 3 is 2.52 bits per heavy atom. The van der Waals surface area contributed by atoms with Gasteiger partial charge in [0.1, 0.15) is 5.00 Å². The lowest BCUT2D eigenvalue weighted by Crippen LogP contribution is -2.31. The summed E-state index contributed by atoms with van der Waals surface area (Å²) in [6.45, 7) is 6.38. The van der Waals surface area contributed by atoms with Gasteiger partial charge < -0.3 is 15.8 Å². The third kappa shape index (κ3) is 2.96. The summed E-state index contributed by atoms with van der Waals surface area (Å²) < 4.78 is 5.13. The van der Waals surface area contributed by atoms with E-state index in [0.29, 0.717) is 23.7 Å². The quantitative estimate of drug-likeness (QED) is 0.791. The monoisotopic (exact) mass is 310 g/mol. The van der Waals surface area contributed by atoms with E-state index in [2.05, 4.69) is 5.32 Å². The van der Waals surface area contributed by atoms with Crippen molar-refractivity contribution in [3.8, 4) is 0 Å². The molecule has 0 unspecified atom stereocenters. The van der Waals surface area contributed by atoms with Gasteiger partial charge in [-0.25, -0.2) is 4.79 Å². The number of aryl methyl sites for hydroxylation is 1. The summed E-state index contributed by atoms with van der Waals surface area (Å²) in [6, 6.07) is 0. The zero-order chi connectivity index (χ0) is 15.6. The van der Waals surface area contributed by atoms with E-state index in [1.54, 1.807) is 6.92 Å². The van der Waals surface area contributed by atoms with Crippen LogP contribution < -0.4 is 11.1 Å². The minimum Gasteiger partial charge on any atom is -0.462 e. The van der Waals surface area contributed by atoms with Crippen LogP contribution >= 0.6 is 11.3 Å². The van der Waals surface area contributed by atoms with Crippen LogP contribution in [0.5, 0.6) is 0 Å². The number of nitrogens with two attached hydrogens (primary N) is 1. The van der Waals surface area contributed by atoms with Crippen molar-refractivity contribution >= 4 is 28.2 Å². The van der Waals surface area contributed by atoms with Gasteiger partial charge in [-0.05, 0) is 38.7 Å². The molecule has 5 nitrogen and oxygen atoms in total. The molecule has 1 amide bonds. The average molecular weight is 310 g/mol. The van der Waals surface area contributed by atoms with Crippen LogP contribution in [0.2, 0.25) is 0 Å². The van der Waals surface area contributed by atoms with Crippen molar-refractivity contribution in [3.63, 3.8) is 0 Å². The van der Waals surface area contributed by atoms with Gasteiger partial charge in [-0.3, -0.25) is 4.79 Å². The molecule has 0 atom stereocenters. The molecule has 21 heavy (non-hydrogen) atoms. The maximum Gasteiger partial charge on any atom is 0.341 e. The second-order valence-corrected chi connectivity index (χ2v) is 6.58. The number of carbonyl (C=O) groups excluding carboxylic acids is 2. The number of amides is 1. The van der Waals surface area contributed by atoms with Crippen molar-refractivity contribution < 1.29 is 14.3 Å². The molecule has 0 radical (unpaired) electrons. The lowest BCUT2D eigenvalue weighted by molar-refractivity contribution is -0.120. The standard InChI is InChI=1S/C15H22N2O3S/c1-4-10-9(3)21-12(11(10)13(18)20-5-2)17-14(19)15(8-16)6-7-15/h4-8,16H2,1-3H3,(H,17,19). The van der Waals surface area contributed by atoms with Crippen LogP contribution in [0.25, 0.3) is 0 Å². The molecule has 2 rings (SSSR count). The number of esters is 1. The summed E-state index contributed by atoms with van der Waals surface area (Å²) >= 11 is 1.43. The topological polar surface area (TPSA) is 81.4 Å². The SMILES string of the molecule is CCOC(=O)c1c(NC(=O)C2(CN)CC2)sc(C)c1CC. The van der Waals surface area contributed by atoms with Crippen LogP contribution in [0.1, 0.15) is 47.5 Å². The number of thiophene rings is 1. The van der Waals surface area contributed by atoms with Crippen LogP contribution in [0.3, 0.4) is 0 Å². The molecular weight excluding hydrogens is 288 g/mol. The number of hydrogen-bond acceptors (Lipinski definition) is 5. The summed E-state index contributed by atoms with van der Waals surface area (Å²) in [4.78, 5) is 25.6. The zero-order valence-corrected chi connectivity index (χ0v) is 13.6. The predicted molar refractivity (Wildman–Crippen MR) is 83.7 cm³/mol. The van der Waals surface area contributed by atoms with Gasteiger partial charge >= 0.3 is 5.97 Å². The van der Waals surface area contributed by atoms with Crippen LogP contribution in [0.4, 0.5) is 5.00 Å². The number of ether oxygens (including phenoxy) is 1. The molecule has 1 aromatic rings. The van der Waals surface area contributed by atoms with E-state index >= 15 is 0 Å². The molecule has 1 aliphatic carbocycles. The first-order chi connectivity index (χ1) is 9.99. The van der Waals surface area contributed by atoms with E-state index in [-0.39, 0.29) is 11.9 Å². The predicted octanol–water partition coefficient (Wildman–Crippen LogP) is 2.47. The third-order valence-electron chi connectivity index (χ3n) is 4.00.